The zero-order valence-corrected chi connectivity index (χ0v) is 20.7. The van der Waals surface area contributed by atoms with Crippen LogP contribution >= 0.6 is 23.1 Å². The fraction of sp³-hybridized carbons (Fsp3) is 0.238. The Kier molecular flexibility index (Phi) is 6.58. The number of carbonyl (C=O) groups excluding carboxylic acids is 2. The zero-order chi connectivity index (χ0) is 26.1. The monoisotopic (exact) mass is 543 g/mol. The van der Waals surface area contributed by atoms with Crippen LogP contribution in [0, 0.1) is 0 Å². The predicted molar refractivity (Wildman–Crippen MR) is 130 cm³/mol. The summed E-state index contributed by atoms with van der Waals surface area (Å²) in [5.41, 5.74) is 6.89. The van der Waals surface area contributed by atoms with Crippen LogP contribution in [0.2, 0.25) is 0 Å². The van der Waals surface area contributed by atoms with Crippen molar-refractivity contribution in [2.24, 2.45) is 5.16 Å². The number of fused-ring (bicyclic) bond motifs is 1. The Labute approximate surface area is 216 Å². The minimum absolute atomic E-state index is 0.0919. The SMILES string of the molecule is CO/N=C(\C(=O)N[C@@H]1C(=O)N2C(C(=O)O)=C(C[n+]3ccc(-c4nnco4)cc3)CS[C@H]12)c1csc(N)n1. The van der Waals surface area contributed by atoms with Gasteiger partial charge in [-0.05, 0) is 0 Å². The van der Waals surface area contributed by atoms with Crippen molar-refractivity contribution in [1.82, 2.24) is 25.4 Å². The number of anilines is 1. The molecule has 0 bridgehead atoms. The van der Waals surface area contributed by atoms with Gasteiger partial charge in [-0.1, -0.05) is 5.16 Å². The number of hydrogen-bond donors (Lipinski definition) is 3. The first-order chi connectivity index (χ1) is 17.9. The number of carbonyl (C=O) groups is 3. The lowest BCUT2D eigenvalue weighted by atomic mass is 10.0. The van der Waals surface area contributed by atoms with Crippen LogP contribution in [0.15, 0.2) is 57.1 Å². The highest BCUT2D eigenvalue weighted by atomic mass is 32.2. The molecule has 1 saturated heterocycles. The van der Waals surface area contributed by atoms with Gasteiger partial charge in [-0.2, -0.15) is 0 Å². The number of nitrogens with one attached hydrogen (secondary N) is 1. The third-order valence-corrected chi connectivity index (χ3v) is 7.58. The molecule has 0 spiro atoms. The number of thiazole rings is 1. The lowest BCUT2D eigenvalue weighted by Gasteiger charge is -2.49. The number of thioether (sulfide) groups is 1. The lowest BCUT2D eigenvalue weighted by Crippen LogP contribution is -2.71. The highest BCUT2D eigenvalue weighted by Gasteiger charge is 2.54. The molecule has 2 amide bonds. The molecule has 0 unspecified atom stereocenters. The van der Waals surface area contributed by atoms with Gasteiger partial charge in [-0.25, -0.2) is 14.3 Å². The van der Waals surface area contributed by atoms with Crippen LogP contribution in [-0.2, 0) is 25.8 Å². The van der Waals surface area contributed by atoms with Crippen molar-refractivity contribution in [2.75, 3.05) is 18.6 Å². The van der Waals surface area contributed by atoms with E-state index in [4.69, 9.17) is 15.0 Å². The van der Waals surface area contributed by atoms with Gasteiger partial charge in [0.25, 0.3) is 11.8 Å². The molecule has 0 saturated carbocycles. The van der Waals surface area contributed by atoms with Gasteiger partial charge in [0.1, 0.15) is 29.9 Å². The summed E-state index contributed by atoms with van der Waals surface area (Å²) < 4.78 is 6.96. The third-order valence-electron chi connectivity index (χ3n) is 5.57. The number of carboxylic acids is 1. The number of hydrogen-bond acceptors (Lipinski definition) is 12. The number of carboxylic acid groups (broad SMARTS) is 1. The summed E-state index contributed by atoms with van der Waals surface area (Å²) in [4.78, 5) is 48.0. The van der Waals surface area contributed by atoms with Gasteiger partial charge in [-0.3, -0.25) is 14.5 Å². The Morgan fingerprint density at radius 3 is 2.81 bits per heavy atom. The van der Waals surface area contributed by atoms with Gasteiger partial charge in [-0.15, -0.1) is 33.3 Å². The molecule has 5 rings (SSSR count). The first kappa shape index (κ1) is 24.4. The number of β-lactam (4-membered cyclic amide) rings is 1. The molecule has 16 heteroatoms. The zero-order valence-electron chi connectivity index (χ0n) is 19.1. The van der Waals surface area contributed by atoms with Crippen molar-refractivity contribution < 1.29 is 33.3 Å². The molecule has 0 aromatic carbocycles. The summed E-state index contributed by atoms with van der Waals surface area (Å²) in [5, 5.41) is 25.0. The molecule has 0 aliphatic carbocycles. The number of aliphatic carboxylic acids is 1. The molecule has 37 heavy (non-hydrogen) atoms. The first-order valence-electron chi connectivity index (χ1n) is 10.7. The second-order valence-corrected chi connectivity index (χ2v) is 9.81. The Morgan fingerprint density at radius 2 is 2.19 bits per heavy atom. The number of oxime groups is 1. The molecule has 0 radical (unpaired) electrons. The van der Waals surface area contributed by atoms with Gasteiger partial charge in [0, 0.05) is 28.8 Å². The standard InChI is InChI=1S/C21H18N8O6S2/c1-34-27-13(12-8-37-21(22)24-12)16(30)25-14-18(31)29-15(20(32)33)11(7-36-19(14)29)6-28-4-2-10(3-5-28)17-26-23-9-35-17/h2-5,8-9,14,19H,6-7H2,1H3,(H3-,22,24,25,30,32,33)/p+1/b27-13-/t14-,19-/m1/s1. The average molecular weight is 544 g/mol. The molecule has 2 aliphatic rings. The van der Waals surface area contributed by atoms with E-state index in [1.807, 2.05) is 0 Å². The quantitative estimate of drug-likeness (QED) is 0.148. The normalized spacial score (nSPS) is 19.3. The number of aromatic nitrogens is 4. The summed E-state index contributed by atoms with van der Waals surface area (Å²) in [6.07, 6.45) is 4.74. The summed E-state index contributed by atoms with van der Waals surface area (Å²) in [6, 6.07) is 2.60. The van der Waals surface area contributed by atoms with Crippen LogP contribution in [0.25, 0.3) is 11.5 Å². The molecule has 2 aliphatic heterocycles. The summed E-state index contributed by atoms with van der Waals surface area (Å²) >= 11 is 2.48. The Balaban J connectivity index is 1.32. The van der Waals surface area contributed by atoms with Crippen LogP contribution < -0.4 is 15.6 Å². The molecule has 14 nitrogen and oxygen atoms in total. The number of amides is 2. The van der Waals surface area contributed by atoms with Gasteiger partial charge in [0.2, 0.25) is 12.3 Å². The van der Waals surface area contributed by atoms with Crippen LogP contribution in [0.1, 0.15) is 5.69 Å². The van der Waals surface area contributed by atoms with E-state index in [-0.39, 0.29) is 28.8 Å². The van der Waals surface area contributed by atoms with Crippen LogP contribution in [-0.4, -0.2) is 73.0 Å². The molecule has 190 valence electrons. The van der Waals surface area contributed by atoms with Gasteiger partial charge >= 0.3 is 5.97 Å². The summed E-state index contributed by atoms with van der Waals surface area (Å²) in [5.74, 6) is -1.73. The van der Waals surface area contributed by atoms with E-state index in [0.29, 0.717) is 22.8 Å². The molecular weight excluding hydrogens is 524 g/mol. The van der Waals surface area contributed by atoms with E-state index in [9.17, 15) is 19.5 Å². The number of nitrogens with two attached hydrogens (primary N) is 1. The van der Waals surface area contributed by atoms with E-state index in [1.165, 1.54) is 30.2 Å². The van der Waals surface area contributed by atoms with E-state index in [0.717, 1.165) is 11.3 Å². The fourth-order valence-corrected chi connectivity index (χ4v) is 5.81. The van der Waals surface area contributed by atoms with E-state index < -0.39 is 29.2 Å². The van der Waals surface area contributed by atoms with Crippen LogP contribution in [0.3, 0.4) is 0 Å². The Hall–Kier alpha value is -4.31. The van der Waals surface area contributed by atoms with Crippen molar-refractivity contribution in [3.8, 4) is 11.5 Å². The van der Waals surface area contributed by atoms with Crippen molar-refractivity contribution in [1.29, 1.82) is 0 Å². The topological polar surface area (TPSA) is 190 Å². The van der Waals surface area contributed by atoms with Crippen molar-refractivity contribution >= 4 is 51.7 Å². The van der Waals surface area contributed by atoms with E-state index in [1.54, 1.807) is 34.5 Å². The molecule has 1 fully saturated rings. The average Bonchev–Trinajstić information content (AvgIpc) is 3.58. The second kappa shape index (κ2) is 9.98. The highest BCUT2D eigenvalue weighted by Crippen LogP contribution is 2.40. The van der Waals surface area contributed by atoms with E-state index in [2.05, 4.69) is 25.7 Å². The van der Waals surface area contributed by atoms with Crippen molar-refractivity contribution in [3.63, 3.8) is 0 Å². The third kappa shape index (κ3) is 4.63. The fourth-order valence-electron chi connectivity index (χ4n) is 3.93. The van der Waals surface area contributed by atoms with Gasteiger partial charge < -0.3 is 25.4 Å². The molecule has 5 heterocycles. The van der Waals surface area contributed by atoms with Crippen molar-refractivity contribution in [3.05, 3.63) is 53.3 Å². The highest BCUT2D eigenvalue weighted by molar-refractivity contribution is 8.00. The number of rotatable bonds is 8. The molecule has 4 N–H and O–H groups in total. The molecule has 3 aromatic rings. The summed E-state index contributed by atoms with van der Waals surface area (Å²) in [7, 11) is 1.28. The minimum atomic E-state index is -1.22. The van der Waals surface area contributed by atoms with E-state index >= 15 is 0 Å². The maximum absolute atomic E-state index is 13.0. The van der Waals surface area contributed by atoms with Crippen LogP contribution in [0.5, 0.6) is 0 Å². The van der Waals surface area contributed by atoms with Crippen LogP contribution in [0.4, 0.5) is 5.13 Å². The Bertz CT molecular complexity index is 1420. The number of nitrogen functional groups attached to an aromatic ring is 1. The number of pyridine rings is 1. The van der Waals surface area contributed by atoms with Gasteiger partial charge in [0.15, 0.2) is 29.8 Å². The summed E-state index contributed by atoms with van der Waals surface area (Å²) in [6.45, 7) is 0.252. The van der Waals surface area contributed by atoms with Gasteiger partial charge in [0.05, 0.1) is 5.56 Å². The first-order valence-corrected chi connectivity index (χ1v) is 12.6. The molecular formula is C21H19N8O6S2+. The second-order valence-electron chi connectivity index (χ2n) is 7.81. The lowest BCUT2D eigenvalue weighted by molar-refractivity contribution is -0.689. The Morgan fingerprint density at radius 1 is 1.41 bits per heavy atom. The predicted octanol–water partition coefficient (Wildman–Crippen LogP) is -0.148. The molecule has 2 atom stereocenters. The largest absolute Gasteiger partial charge is 0.477 e. The minimum Gasteiger partial charge on any atom is -0.477 e. The molecule has 3 aromatic heterocycles. The van der Waals surface area contributed by atoms with Crippen molar-refractivity contribution in [2.45, 2.75) is 18.0 Å². The maximum Gasteiger partial charge on any atom is 0.352 e. The smallest absolute Gasteiger partial charge is 0.352 e. The maximum atomic E-state index is 13.0. The number of nitrogens with zero attached hydrogens (tertiary/aromatic N) is 6.